The molecule has 0 aliphatic rings. The van der Waals surface area contributed by atoms with Crippen LogP contribution >= 0.6 is 0 Å². The van der Waals surface area contributed by atoms with E-state index >= 15 is 0 Å². The molecule has 0 radical (unpaired) electrons. The largest absolute Gasteiger partial charge is 0.269 e. The standard InChI is InChI=1S/C21H30N2O4S2/c1-15(2)13-14-22-28(24,25)20-12-9-17(4)21(18(20)5)23(6)29(26,27)19-10-7-16(3)8-11-19/h7-12,15,22H,13-14H2,1-6H3. The Morgan fingerprint density at radius 1 is 0.931 bits per heavy atom. The molecule has 0 aliphatic carbocycles. The van der Waals surface area contributed by atoms with E-state index in [0.29, 0.717) is 29.3 Å². The van der Waals surface area contributed by atoms with Crippen molar-refractivity contribution in [2.24, 2.45) is 5.92 Å². The minimum atomic E-state index is -3.83. The topological polar surface area (TPSA) is 83.6 Å². The Balaban J connectivity index is 2.48. The highest BCUT2D eigenvalue weighted by atomic mass is 32.2. The maximum absolute atomic E-state index is 13.1. The molecule has 0 heterocycles. The first-order valence-corrected chi connectivity index (χ1v) is 12.5. The number of hydrogen-bond acceptors (Lipinski definition) is 4. The van der Waals surface area contributed by atoms with Gasteiger partial charge in [0.1, 0.15) is 0 Å². The van der Waals surface area contributed by atoms with Crippen LogP contribution in [0.4, 0.5) is 5.69 Å². The van der Waals surface area contributed by atoms with Crippen LogP contribution in [0.5, 0.6) is 0 Å². The molecule has 6 nitrogen and oxygen atoms in total. The predicted molar refractivity (Wildman–Crippen MR) is 117 cm³/mol. The van der Waals surface area contributed by atoms with Gasteiger partial charge in [-0.25, -0.2) is 21.6 Å². The van der Waals surface area contributed by atoms with E-state index in [1.165, 1.54) is 13.1 Å². The summed E-state index contributed by atoms with van der Waals surface area (Å²) in [5, 5.41) is 0. The lowest BCUT2D eigenvalue weighted by atomic mass is 10.1. The second-order valence-electron chi connectivity index (χ2n) is 7.72. The van der Waals surface area contributed by atoms with Crippen LogP contribution < -0.4 is 9.03 Å². The fourth-order valence-corrected chi connectivity index (χ4v) is 5.75. The summed E-state index contributed by atoms with van der Waals surface area (Å²) in [4.78, 5) is 0.250. The van der Waals surface area contributed by atoms with Crippen LogP contribution in [-0.4, -0.2) is 30.4 Å². The van der Waals surface area contributed by atoms with Gasteiger partial charge in [0.15, 0.2) is 0 Å². The zero-order valence-electron chi connectivity index (χ0n) is 17.9. The molecule has 0 aromatic heterocycles. The minimum absolute atomic E-state index is 0.0906. The number of nitrogens with zero attached hydrogens (tertiary/aromatic N) is 1. The van der Waals surface area contributed by atoms with Crippen LogP contribution in [0.3, 0.4) is 0 Å². The molecule has 2 aromatic carbocycles. The Morgan fingerprint density at radius 3 is 2.07 bits per heavy atom. The lowest BCUT2D eigenvalue weighted by Gasteiger charge is -2.25. The van der Waals surface area contributed by atoms with E-state index in [4.69, 9.17) is 0 Å². The highest BCUT2D eigenvalue weighted by molar-refractivity contribution is 7.92. The van der Waals surface area contributed by atoms with Gasteiger partial charge in [0.05, 0.1) is 15.5 Å². The third-order valence-electron chi connectivity index (χ3n) is 4.88. The summed E-state index contributed by atoms with van der Waals surface area (Å²) >= 11 is 0. The normalized spacial score (nSPS) is 12.4. The molecule has 0 bridgehead atoms. The summed E-state index contributed by atoms with van der Waals surface area (Å²) < 4.78 is 55.6. The van der Waals surface area contributed by atoms with Crippen LogP contribution in [-0.2, 0) is 20.0 Å². The Hall–Kier alpha value is -1.90. The third kappa shape index (κ3) is 5.18. The van der Waals surface area contributed by atoms with Crippen LogP contribution in [0.15, 0.2) is 46.2 Å². The highest BCUT2D eigenvalue weighted by Gasteiger charge is 2.27. The predicted octanol–water partition coefficient (Wildman–Crippen LogP) is 3.76. The molecule has 2 rings (SSSR count). The number of anilines is 1. The van der Waals surface area contributed by atoms with E-state index in [2.05, 4.69) is 4.72 Å². The van der Waals surface area contributed by atoms with Crippen molar-refractivity contribution in [1.82, 2.24) is 4.72 Å². The minimum Gasteiger partial charge on any atom is -0.269 e. The second-order valence-corrected chi connectivity index (χ2v) is 11.4. The van der Waals surface area contributed by atoms with Gasteiger partial charge in [-0.2, -0.15) is 0 Å². The molecule has 0 spiro atoms. The van der Waals surface area contributed by atoms with Crippen molar-refractivity contribution in [2.45, 2.75) is 50.8 Å². The van der Waals surface area contributed by atoms with Crippen molar-refractivity contribution < 1.29 is 16.8 Å². The molecule has 0 amide bonds. The van der Waals surface area contributed by atoms with Crippen LogP contribution in [0.1, 0.15) is 37.0 Å². The highest BCUT2D eigenvalue weighted by Crippen LogP contribution is 2.32. The van der Waals surface area contributed by atoms with Gasteiger partial charge in [0.25, 0.3) is 10.0 Å². The molecule has 160 valence electrons. The maximum atomic E-state index is 13.1. The summed E-state index contributed by atoms with van der Waals surface area (Å²) in [6.07, 6.45) is 0.721. The van der Waals surface area contributed by atoms with Gasteiger partial charge in [-0.15, -0.1) is 0 Å². The van der Waals surface area contributed by atoms with Crippen molar-refractivity contribution in [2.75, 3.05) is 17.9 Å². The molecule has 0 saturated carbocycles. The van der Waals surface area contributed by atoms with Gasteiger partial charge >= 0.3 is 0 Å². The lowest BCUT2D eigenvalue weighted by Crippen LogP contribution is -2.30. The summed E-state index contributed by atoms with van der Waals surface area (Å²) in [5.41, 5.74) is 2.42. The van der Waals surface area contributed by atoms with Crippen molar-refractivity contribution in [3.05, 3.63) is 53.1 Å². The molecule has 0 saturated heterocycles. The molecular formula is C21H30N2O4S2. The summed E-state index contributed by atoms with van der Waals surface area (Å²) in [5.74, 6) is 0.373. The first-order chi connectivity index (χ1) is 13.4. The van der Waals surface area contributed by atoms with Gasteiger partial charge in [0, 0.05) is 13.6 Å². The van der Waals surface area contributed by atoms with Gasteiger partial charge in [-0.05, 0) is 62.4 Å². The first-order valence-electron chi connectivity index (χ1n) is 9.53. The Bertz CT molecular complexity index is 1070. The van der Waals surface area contributed by atoms with Crippen molar-refractivity contribution >= 4 is 25.7 Å². The van der Waals surface area contributed by atoms with E-state index in [-0.39, 0.29) is 9.79 Å². The van der Waals surface area contributed by atoms with Gasteiger partial charge < -0.3 is 0 Å². The zero-order chi connectivity index (χ0) is 22.0. The van der Waals surface area contributed by atoms with Crippen LogP contribution in [0.25, 0.3) is 0 Å². The Kier molecular flexibility index (Phi) is 7.14. The van der Waals surface area contributed by atoms with E-state index in [1.807, 2.05) is 20.8 Å². The molecule has 2 aromatic rings. The van der Waals surface area contributed by atoms with Crippen molar-refractivity contribution in [3.63, 3.8) is 0 Å². The number of hydrogen-bond donors (Lipinski definition) is 1. The molecule has 0 unspecified atom stereocenters. The number of nitrogens with one attached hydrogen (secondary N) is 1. The average Bonchev–Trinajstić information content (AvgIpc) is 2.61. The number of rotatable bonds is 8. The first kappa shape index (κ1) is 23.4. The van der Waals surface area contributed by atoms with Gasteiger partial charge in [-0.1, -0.05) is 37.6 Å². The lowest BCUT2D eigenvalue weighted by molar-refractivity contribution is 0.551. The fourth-order valence-electron chi connectivity index (χ4n) is 3.14. The number of sulfonamides is 2. The molecular weight excluding hydrogens is 408 g/mol. The molecule has 29 heavy (non-hydrogen) atoms. The average molecular weight is 439 g/mol. The number of aryl methyl sites for hydroxylation is 2. The summed E-state index contributed by atoms with van der Waals surface area (Å²) in [6, 6.07) is 9.75. The van der Waals surface area contributed by atoms with Gasteiger partial charge in [0.2, 0.25) is 10.0 Å². The monoisotopic (exact) mass is 438 g/mol. The SMILES string of the molecule is Cc1ccc(S(=O)(=O)N(C)c2c(C)ccc(S(=O)(=O)NCCC(C)C)c2C)cc1. The van der Waals surface area contributed by atoms with E-state index < -0.39 is 20.0 Å². The molecule has 1 N–H and O–H groups in total. The Morgan fingerprint density at radius 2 is 1.52 bits per heavy atom. The van der Waals surface area contributed by atoms with Crippen molar-refractivity contribution in [1.29, 1.82) is 0 Å². The Labute approximate surface area is 175 Å². The quantitative estimate of drug-likeness (QED) is 0.680. The maximum Gasteiger partial charge on any atom is 0.264 e. The molecule has 0 fully saturated rings. The molecule has 0 atom stereocenters. The summed E-state index contributed by atoms with van der Waals surface area (Å²) in [6.45, 7) is 9.67. The smallest absolute Gasteiger partial charge is 0.264 e. The summed E-state index contributed by atoms with van der Waals surface area (Å²) in [7, 11) is -6.12. The molecule has 8 heteroatoms. The van der Waals surface area contributed by atoms with Crippen LogP contribution in [0, 0.1) is 26.7 Å². The number of benzene rings is 2. The van der Waals surface area contributed by atoms with E-state index in [1.54, 1.807) is 44.2 Å². The van der Waals surface area contributed by atoms with E-state index in [0.717, 1.165) is 16.3 Å². The zero-order valence-corrected chi connectivity index (χ0v) is 19.5. The third-order valence-corrected chi connectivity index (χ3v) is 8.26. The fraction of sp³-hybridized carbons (Fsp3) is 0.429. The van der Waals surface area contributed by atoms with Gasteiger partial charge in [-0.3, -0.25) is 4.31 Å². The molecule has 0 aliphatic heterocycles. The van der Waals surface area contributed by atoms with Crippen molar-refractivity contribution in [3.8, 4) is 0 Å². The van der Waals surface area contributed by atoms with Crippen LogP contribution in [0.2, 0.25) is 0 Å². The van der Waals surface area contributed by atoms with E-state index in [9.17, 15) is 16.8 Å². The second kappa shape index (κ2) is 8.85.